The summed E-state index contributed by atoms with van der Waals surface area (Å²) in [5.74, 6) is 0.482. The van der Waals surface area contributed by atoms with Crippen LogP contribution < -0.4 is 15.6 Å². The number of carbonyl (C=O) groups excluding carboxylic acids is 1. The Morgan fingerprint density at radius 2 is 1.90 bits per heavy atom. The highest BCUT2D eigenvalue weighted by Gasteiger charge is 2.12. The minimum atomic E-state index is -0.233. The van der Waals surface area contributed by atoms with E-state index in [1.165, 1.54) is 6.07 Å². The third-order valence-electron chi connectivity index (χ3n) is 4.69. The summed E-state index contributed by atoms with van der Waals surface area (Å²) in [5.41, 5.74) is 2.24. The molecule has 0 aliphatic carbocycles. The van der Waals surface area contributed by atoms with Gasteiger partial charge in [0, 0.05) is 40.7 Å². The maximum absolute atomic E-state index is 12.6. The quantitative estimate of drug-likeness (QED) is 0.431. The largest absolute Gasteiger partial charge is 0.488 e. The average Bonchev–Trinajstić information content (AvgIpc) is 3.20. The summed E-state index contributed by atoms with van der Waals surface area (Å²) in [7, 11) is 0. The molecule has 4 rings (SSSR count). The van der Waals surface area contributed by atoms with Gasteiger partial charge in [0.1, 0.15) is 18.1 Å². The van der Waals surface area contributed by atoms with Crippen LogP contribution in [0.5, 0.6) is 5.75 Å². The fraction of sp³-hybridized carbons (Fsp3) is 0.130. The van der Waals surface area contributed by atoms with Crippen LogP contribution in [0.3, 0.4) is 0 Å². The van der Waals surface area contributed by atoms with Crippen molar-refractivity contribution in [2.75, 3.05) is 6.54 Å². The van der Waals surface area contributed by atoms with E-state index in [2.05, 4.69) is 26.2 Å². The lowest BCUT2D eigenvalue weighted by Crippen LogP contribution is -2.30. The van der Waals surface area contributed by atoms with Crippen LogP contribution in [0.2, 0.25) is 0 Å². The minimum absolute atomic E-state index is 0.113. The van der Waals surface area contributed by atoms with Gasteiger partial charge in [-0.15, -0.1) is 0 Å². The monoisotopic (exact) mass is 465 g/mol. The second-order valence-corrected chi connectivity index (χ2v) is 7.73. The number of pyridine rings is 1. The Balaban J connectivity index is 1.43. The molecule has 7 heteroatoms. The number of nitrogens with one attached hydrogen (secondary N) is 2. The van der Waals surface area contributed by atoms with E-state index in [0.717, 1.165) is 20.9 Å². The summed E-state index contributed by atoms with van der Waals surface area (Å²) in [6, 6.07) is 20.6. The number of halogens is 1. The van der Waals surface area contributed by atoms with Gasteiger partial charge in [0.15, 0.2) is 0 Å². The van der Waals surface area contributed by atoms with E-state index in [4.69, 9.17) is 4.74 Å². The summed E-state index contributed by atoms with van der Waals surface area (Å²) >= 11 is 3.34. The molecule has 6 nitrogen and oxygen atoms in total. The zero-order valence-corrected chi connectivity index (χ0v) is 17.7. The van der Waals surface area contributed by atoms with Crippen molar-refractivity contribution in [3.05, 3.63) is 99.0 Å². The van der Waals surface area contributed by atoms with Crippen molar-refractivity contribution in [1.82, 2.24) is 14.9 Å². The molecule has 2 aromatic carbocycles. The molecule has 0 aliphatic rings. The molecule has 0 aliphatic heterocycles. The Bertz CT molecular complexity index is 1230. The van der Waals surface area contributed by atoms with E-state index in [9.17, 15) is 9.59 Å². The number of amides is 1. The lowest BCUT2D eigenvalue weighted by molar-refractivity contribution is 0.0948. The smallest absolute Gasteiger partial charge is 0.267 e. The average molecular weight is 466 g/mol. The molecular weight excluding hydrogens is 446 g/mol. The number of hydrogen-bond acceptors (Lipinski definition) is 3. The standard InChI is InChI=1S/C23H20BrN3O3/c24-17-9-10-22(28)27(14-17)12-11-25-23(29)20-13-18-19(26-20)7-4-8-21(18)30-15-16-5-2-1-3-6-16/h1-10,13-14,26H,11-12,15H2,(H,25,29). The second kappa shape index (κ2) is 9.00. The molecule has 152 valence electrons. The summed E-state index contributed by atoms with van der Waals surface area (Å²) < 4.78 is 8.33. The molecule has 0 radical (unpaired) electrons. The van der Waals surface area contributed by atoms with Crippen molar-refractivity contribution in [1.29, 1.82) is 0 Å². The van der Waals surface area contributed by atoms with Crippen LogP contribution in [-0.4, -0.2) is 22.0 Å². The zero-order chi connectivity index (χ0) is 20.9. The molecule has 0 unspecified atom stereocenters. The highest BCUT2D eigenvalue weighted by Crippen LogP contribution is 2.27. The van der Waals surface area contributed by atoms with Gasteiger partial charge in [-0.3, -0.25) is 9.59 Å². The van der Waals surface area contributed by atoms with Crippen LogP contribution in [0.4, 0.5) is 0 Å². The summed E-state index contributed by atoms with van der Waals surface area (Å²) in [5, 5.41) is 3.70. The van der Waals surface area contributed by atoms with E-state index < -0.39 is 0 Å². The fourth-order valence-electron chi connectivity index (χ4n) is 3.17. The maximum Gasteiger partial charge on any atom is 0.267 e. The number of carbonyl (C=O) groups is 1. The Hall–Kier alpha value is -3.32. The van der Waals surface area contributed by atoms with Gasteiger partial charge < -0.3 is 19.6 Å². The van der Waals surface area contributed by atoms with Gasteiger partial charge in [0.25, 0.3) is 11.5 Å². The van der Waals surface area contributed by atoms with Gasteiger partial charge in [0.05, 0.1) is 0 Å². The van der Waals surface area contributed by atoms with Gasteiger partial charge in [-0.25, -0.2) is 0 Å². The van der Waals surface area contributed by atoms with Crippen LogP contribution in [0.25, 0.3) is 10.9 Å². The van der Waals surface area contributed by atoms with Crippen LogP contribution in [0.15, 0.2) is 82.2 Å². The van der Waals surface area contributed by atoms with E-state index in [1.54, 1.807) is 22.9 Å². The Morgan fingerprint density at radius 3 is 2.73 bits per heavy atom. The molecule has 2 aromatic heterocycles. The summed E-state index contributed by atoms with van der Waals surface area (Å²) in [4.78, 5) is 27.5. The van der Waals surface area contributed by atoms with E-state index in [0.29, 0.717) is 31.1 Å². The third kappa shape index (κ3) is 4.63. The number of hydrogen-bond donors (Lipinski definition) is 2. The lowest BCUT2D eigenvalue weighted by atomic mass is 10.2. The zero-order valence-electron chi connectivity index (χ0n) is 16.1. The normalized spacial score (nSPS) is 10.8. The molecule has 0 saturated heterocycles. The minimum Gasteiger partial charge on any atom is -0.488 e. The van der Waals surface area contributed by atoms with Crippen molar-refractivity contribution in [2.45, 2.75) is 13.2 Å². The molecular formula is C23H20BrN3O3. The number of rotatable bonds is 7. The van der Waals surface area contributed by atoms with E-state index >= 15 is 0 Å². The van der Waals surface area contributed by atoms with Crippen molar-refractivity contribution in [3.8, 4) is 5.75 Å². The number of fused-ring (bicyclic) bond motifs is 1. The Kier molecular flexibility index (Phi) is 5.99. The van der Waals surface area contributed by atoms with Crippen molar-refractivity contribution in [3.63, 3.8) is 0 Å². The van der Waals surface area contributed by atoms with Gasteiger partial charge >= 0.3 is 0 Å². The number of benzene rings is 2. The Labute approximate surface area is 181 Å². The molecule has 2 N–H and O–H groups in total. The van der Waals surface area contributed by atoms with Crippen LogP contribution in [-0.2, 0) is 13.2 Å². The van der Waals surface area contributed by atoms with Crippen LogP contribution in [0, 0.1) is 0 Å². The molecule has 0 saturated carbocycles. The van der Waals surface area contributed by atoms with Crippen molar-refractivity contribution < 1.29 is 9.53 Å². The molecule has 0 atom stereocenters. The Morgan fingerprint density at radius 1 is 1.07 bits per heavy atom. The number of aromatic nitrogens is 2. The van der Waals surface area contributed by atoms with Gasteiger partial charge in [0.2, 0.25) is 0 Å². The van der Waals surface area contributed by atoms with E-state index in [-0.39, 0.29) is 11.5 Å². The number of ether oxygens (including phenoxy) is 1. The first kappa shape index (κ1) is 20.0. The first-order valence-corrected chi connectivity index (χ1v) is 10.3. The fourth-order valence-corrected chi connectivity index (χ4v) is 3.55. The second-order valence-electron chi connectivity index (χ2n) is 6.81. The summed E-state index contributed by atoms with van der Waals surface area (Å²) in [6.45, 7) is 1.17. The third-order valence-corrected chi connectivity index (χ3v) is 5.16. The predicted octanol–water partition coefficient (Wildman–Crippen LogP) is 4.10. The first-order chi connectivity index (χ1) is 14.6. The molecule has 0 spiro atoms. The topological polar surface area (TPSA) is 76.1 Å². The van der Waals surface area contributed by atoms with Gasteiger partial charge in [-0.05, 0) is 45.8 Å². The SMILES string of the molecule is O=C(NCCn1cc(Br)ccc1=O)c1cc2c(OCc3ccccc3)cccc2[nH]1. The molecule has 0 fully saturated rings. The molecule has 4 aromatic rings. The highest BCUT2D eigenvalue weighted by atomic mass is 79.9. The maximum atomic E-state index is 12.6. The molecule has 1 amide bonds. The molecule has 30 heavy (non-hydrogen) atoms. The van der Waals surface area contributed by atoms with Crippen molar-refractivity contribution in [2.24, 2.45) is 0 Å². The first-order valence-electron chi connectivity index (χ1n) is 9.53. The lowest BCUT2D eigenvalue weighted by Gasteiger charge is -2.07. The predicted molar refractivity (Wildman–Crippen MR) is 120 cm³/mol. The van der Waals surface area contributed by atoms with Crippen LogP contribution >= 0.6 is 15.9 Å². The van der Waals surface area contributed by atoms with Gasteiger partial charge in [-0.2, -0.15) is 0 Å². The number of nitrogens with zero attached hydrogens (tertiary/aromatic N) is 1. The summed E-state index contributed by atoms with van der Waals surface area (Å²) in [6.07, 6.45) is 1.70. The van der Waals surface area contributed by atoms with Gasteiger partial charge in [-0.1, -0.05) is 36.4 Å². The van der Waals surface area contributed by atoms with E-state index in [1.807, 2.05) is 48.5 Å². The van der Waals surface area contributed by atoms with Crippen molar-refractivity contribution >= 4 is 32.7 Å². The molecule has 0 bridgehead atoms. The molecule has 2 heterocycles. The van der Waals surface area contributed by atoms with Crippen LogP contribution in [0.1, 0.15) is 16.1 Å². The highest BCUT2D eigenvalue weighted by molar-refractivity contribution is 9.10. The number of H-pyrrole nitrogens is 1. The number of aromatic amines is 1.